The average molecular weight is 383 g/mol. The number of para-hydroxylation sites is 2. The van der Waals surface area contributed by atoms with Crippen molar-refractivity contribution < 1.29 is 23.4 Å². The fraction of sp³-hybridized carbons (Fsp3) is 0.278. The molecule has 2 aromatic carbocycles. The Kier molecular flexibility index (Phi) is 7.20. The standard InChI is InChI=1S/C18H19FN2O4.ClH/c1-23-16-4-2-3-5-17(16)25-15-7-6-12(10-13(15)19)21-18(22)14-11-24-9-8-20-14;/h2-7,10,14,20H,8-9,11H2,1H3,(H,21,22);1H. The summed E-state index contributed by atoms with van der Waals surface area (Å²) in [6, 6.07) is 10.8. The number of carbonyl (C=O) groups excluding carboxylic acids is 1. The summed E-state index contributed by atoms with van der Waals surface area (Å²) in [6.45, 7) is 1.48. The average Bonchev–Trinajstić information content (AvgIpc) is 2.65. The third-order valence-electron chi connectivity index (χ3n) is 3.73. The largest absolute Gasteiger partial charge is 0.493 e. The van der Waals surface area contributed by atoms with Crippen molar-refractivity contribution in [3.63, 3.8) is 0 Å². The van der Waals surface area contributed by atoms with Crippen LogP contribution in [0.3, 0.4) is 0 Å². The normalized spacial score (nSPS) is 16.3. The zero-order valence-corrected chi connectivity index (χ0v) is 15.0. The molecule has 2 N–H and O–H groups in total. The van der Waals surface area contributed by atoms with Gasteiger partial charge in [-0.2, -0.15) is 0 Å². The van der Waals surface area contributed by atoms with E-state index >= 15 is 0 Å². The molecule has 0 radical (unpaired) electrons. The molecule has 1 atom stereocenters. The van der Waals surface area contributed by atoms with E-state index in [1.54, 1.807) is 30.3 Å². The summed E-state index contributed by atoms with van der Waals surface area (Å²) >= 11 is 0. The SMILES string of the molecule is COc1ccccc1Oc1ccc(NC(=O)C2COCCN2)cc1F.Cl. The number of amides is 1. The van der Waals surface area contributed by atoms with Gasteiger partial charge in [0.2, 0.25) is 5.91 Å². The van der Waals surface area contributed by atoms with E-state index in [1.165, 1.54) is 19.2 Å². The maximum absolute atomic E-state index is 14.3. The van der Waals surface area contributed by atoms with Crippen LogP contribution in [0.15, 0.2) is 42.5 Å². The molecule has 1 aliphatic rings. The summed E-state index contributed by atoms with van der Waals surface area (Å²) in [6.07, 6.45) is 0. The van der Waals surface area contributed by atoms with Gasteiger partial charge in [0.05, 0.1) is 20.3 Å². The molecular weight excluding hydrogens is 363 g/mol. The first-order chi connectivity index (χ1) is 12.2. The molecule has 0 aliphatic carbocycles. The number of anilines is 1. The summed E-state index contributed by atoms with van der Waals surface area (Å²) in [7, 11) is 1.51. The summed E-state index contributed by atoms with van der Waals surface area (Å²) in [4.78, 5) is 12.1. The molecule has 0 aromatic heterocycles. The summed E-state index contributed by atoms with van der Waals surface area (Å²) in [5.74, 6) is 0.0996. The summed E-state index contributed by atoms with van der Waals surface area (Å²) in [5, 5.41) is 5.71. The van der Waals surface area contributed by atoms with Gasteiger partial charge in [-0.05, 0) is 24.3 Å². The van der Waals surface area contributed by atoms with Crippen molar-refractivity contribution in [3.05, 3.63) is 48.3 Å². The van der Waals surface area contributed by atoms with Crippen molar-refractivity contribution in [1.29, 1.82) is 0 Å². The van der Waals surface area contributed by atoms with Crippen LogP contribution in [0.2, 0.25) is 0 Å². The Labute approximate surface area is 157 Å². The van der Waals surface area contributed by atoms with Crippen LogP contribution in [-0.4, -0.2) is 38.8 Å². The number of halogens is 2. The lowest BCUT2D eigenvalue weighted by Crippen LogP contribution is -2.48. The highest BCUT2D eigenvalue weighted by molar-refractivity contribution is 5.95. The van der Waals surface area contributed by atoms with Crippen LogP contribution in [0.1, 0.15) is 0 Å². The molecule has 26 heavy (non-hydrogen) atoms. The highest BCUT2D eigenvalue weighted by atomic mass is 35.5. The lowest BCUT2D eigenvalue weighted by molar-refractivity contribution is -0.120. The van der Waals surface area contributed by atoms with E-state index in [9.17, 15) is 9.18 Å². The number of hydrogen-bond donors (Lipinski definition) is 2. The first-order valence-electron chi connectivity index (χ1n) is 7.90. The lowest BCUT2D eigenvalue weighted by atomic mass is 10.2. The van der Waals surface area contributed by atoms with Crippen molar-refractivity contribution in [2.75, 3.05) is 32.2 Å². The van der Waals surface area contributed by atoms with E-state index in [1.807, 2.05) is 0 Å². The molecule has 0 spiro atoms. The van der Waals surface area contributed by atoms with Gasteiger partial charge in [-0.1, -0.05) is 12.1 Å². The van der Waals surface area contributed by atoms with E-state index < -0.39 is 11.9 Å². The Balaban J connectivity index is 0.00000243. The predicted octanol–water partition coefficient (Wildman–Crippen LogP) is 2.98. The monoisotopic (exact) mass is 382 g/mol. The van der Waals surface area contributed by atoms with Crippen molar-refractivity contribution in [3.8, 4) is 17.2 Å². The Hall–Kier alpha value is -2.35. The smallest absolute Gasteiger partial charge is 0.243 e. The molecule has 1 unspecified atom stereocenters. The molecule has 1 amide bonds. The van der Waals surface area contributed by atoms with Gasteiger partial charge in [0.1, 0.15) is 6.04 Å². The first kappa shape index (κ1) is 20.0. The molecule has 3 rings (SSSR count). The highest BCUT2D eigenvalue weighted by Gasteiger charge is 2.21. The van der Waals surface area contributed by atoms with Gasteiger partial charge in [-0.25, -0.2) is 4.39 Å². The number of carbonyl (C=O) groups is 1. The van der Waals surface area contributed by atoms with Crippen LogP contribution in [0.4, 0.5) is 10.1 Å². The number of benzene rings is 2. The Morgan fingerprint density at radius 1 is 1.23 bits per heavy atom. The number of hydrogen-bond acceptors (Lipinski definition) is 5. The molecule has 0 bridgehead atoms. The Morgan fingerprint density at radius 3 is 2.65 bits per heavy atom. The Morgan fingerprint density at radius 2 is 2.00 bits per heavy atom. The van der Waals surface area contributed by atoms with Gasteiger partial charge in [0.25, 0.3) is 0 Å². The van der Waals surface area contributed by atoms with Crippen LogP contribution < -0.4 is 20.1 Å². The predicted molar refractivity (Wildman–Crippen MR) is 98.0 cm³/mol. The Bertz CT molecular complexity index is 754. The van der Waals surface area contributed by atoms with E-state index in [4.69, 9.17) is 14.2 Å². The van der Waals surface area contributed by atoms with Gasteiger partial charge < -0.3 is 24.8 Å². The maximum Gasteiger partial charge on any atom is 0.243 e. The first-order valence-corrected chi connectivity index (χ1v) is 7.90. The zero-order valence-electron chi connectivity index (χ0n) is 14.2. The van der Waals surface area contributed by atoms with Crippen molar-refractivity contribution in [2.45, 2.75) is 6.04 Å². The summed E-state index contributed by atoms with van der Waals surface area (Å²) in [5.41, 5.74) is 0.349. The van der Waals surface area contributed by atoms with Gasteiger partial charge in [0, 0.05) is 18.3 Å². The highest BCUT2D eigenvalue weighted by Crippen LogP contribution is 2.33. The molecule has 1 aliphatic heterocycles. The molecule has 0 saturated carbocycles. The number of nitrogens with one attached hydrogen (secondary N) is 2. The number of rotatable bonds is 5. The number of morpholine rings is 1. The number of ether oxygens (including phenoxy) is 3. The molecule has 2 aromatic rings. The zero-order chi connectivity index (χ0) is 17.6. The third-order valence-corrected chi connectivity index (χ3v) is 3.73. The van der Waals surface area contributed by atoms with Crippen LogP contribution in [0.5, 0.6) is 17.2 Å². The van der Waals surface area contributed by atoms with E-state index in [0.29, 0.717) is 36.9 Å². The van der Waals surface area contributed by atoms with Crippen LogP contribution in [0.25, 0.3) is 0 Å². The molecule has 1 saturated heterocycles. The fourth-order valence-corrected chi connectivity index (χ4v) is 2.45. The van der Waals surface area contributed by atoms with Gasteiger partial charge >= 0.3 is 0 Å². The van der Waals surface area contributed by atoms with Crippen LogP contribution in [-0.2, 0) is 9.53 Å². The molecule has 140 valence electrons. The second-order valence-corrected chi connectivity index (χ2v) is 5.47. The van der Waals surface area contributed by atoms with Crippen molar-refractivity contribution in [2.24, 2.45) is 0 Å². The van der Waals surface area contributed by atoms with Gasteiger partial charge in [-0.3, -0.25) is 4.79 Å². The molecule has 6 nitrogen and oxygen atoms in total. The van der Waals surface area contributed by atoms with Gasteiger partial charge in [0.15, 0.2) is 23.1 Å². The second kappa shape index (κ2) is 9.38. The second-order valence-electron chi connectivity index (χ2n) is 5.47. The lowest BCUT2D eigenvalue weighted by Gasteiger charge is -2.23. The molecule has 1 heterocycles. The van der Waals surface area contributed by atoms with Crippen LogP contribution >= 0.6 is 12.4 Å². The minimum atomic E-state index is -0.587. The van der Waals surface area contributed by atoms with Gasteiger partial charge in [-0.15, -0.1) is 12.4 Å². The minimum Gasteiger partial charge on any atom is -0.493 e. The van der Waals surface area contributed by atoms with Crippen LogP contribution in [0, 0.1) is 5.82 Å². The van der Waals surface area contributed by atoms with Crippen molar-refractivity contribution in [1.82, 2.24) is 5.32 Å². The quantitative estimate of drug-likeness (QED) is 0.832. The van der Waals surface area contributed by atoms with E-state index in [0.717, 1.165) is 0 Å². The molecular formula is C18H20ClFN2O4. The molecule has 1 fully saturated rings. The third kappa shape index (κ3) is 4.85. The van der Waals surface area contributed by atoms with E-state index in [-0.39, 0.29) is 24.1 Å². The molecule has 8 heteroatoms. The summed E-state index contributed by atoms with van der Waals surface area (Å²) < 4.78 is 30.3. The van der Waals surface area contributed by atoms with Crippen molar-refractivity contribution >= 4 is 24.0 Å². The minimum absolute atomic E-state index is 0. The fourth-order valence-electron chi connectivity index (χ4n) is 2.45. The maximum atomic E-state index is 14.3. The topological polar surface area (TPSA) is 68.8 Å². The van der Waals surface area contributed by atoms with E-state index in [2.05, 4.69) is 10.6 Å². The number of methoxy groups -OCH3 is 1.